The molecule has 0 radical (unpaired) electrons. The first-order valence-electron chi connectivity index (χ1n) is 5.24. The zero-order valence-electron chi connectivity index (χ0n) is 9.78. The van der Waals surface area contributed by atoms with E-state index >= 15 is 0 Å². The van der Waals surface area contributed by atoms with E-state index in [-0.39, 0.29) is 18.1 Å². The van der Waals surface area contributed by atoms with Crippen LogP contribution in [0.3, 0.4) is 0 Å². The Kier molecular flexibility index (Phi) is 5.58. The minimum absolute atomic E-state index is 0.218. The van der Waals surface area contributed by atoms with E-state index in [2.05, 4.69) is 10.1 Å². The predicted octanol–water partition coefficient (Wildman–Crippen LogP) is 1.26. The van der Waals surface area contributed by atoms with Crippen molar-refractivity contribution in [3.63, 3.8) is 0 Å². The van der Waals surface area contributed by atoms with Crippen molar-refractivity contribution in [2.24, 2.45) is 0 Å². The maximum absolute atomic E-state index is 12.7. The molecule has 1 aromatic carbocycles. The lowest BCUT2D eigenvalue weighted by Crippen LogP contribution is -2.43. The van der Waals surface area contributed by atoms with E-state index in [1.54, 1.807) is 0 Å². The molecule has 0 spiro atoms. The van der Waals surface area contributed by atoms with Crippen molar-refractivity contribution in [1.29, 1.82) is 0 Å². The van der Waals surface area contributed by atoms with Crippen molar-refractivity contribution in [3.05, 3.63) is 35.6 Å². The van der Waals surface area contributed by atoms with Crippen LogP contribution >= 0.6 is 11.6 Å². The summed E-state index contributed by atoms with van der Waals surface area (Å²) in [5.41, 5.74) is 0.710. The van der Waals surface area contributed by atoms with Gasteiger partial charge < -0.3 is 10.1 Å². The number of nitrogens with one attached hydrogen (secondary N) is 1. The van der Waals surface area contributed by atoms with Crippen LogP contribution in [0.5, 0.6) is 0 Å². The van der Waals surface area contributed by atoms with Crippen molar-refractivity contribution < 1.29 is 18.7 Å². The van der Waals surface area contributed by atoms with Gasteiger partial charge in [0.05, 0.1) is 7.11 Å². The molecule has 18 heavy (non-hydrogen) atoms. The summed E-state index contributed by atoms with van der Waals surface area (Å²) < 4.78 is 17.3. The molecule has 0 bridgehead atoms. The van der Waals surface area contributed by atoms with Crippen LogP contribution in [0.4, 0.5) is 4.39 Å². The molecule has 0 saturated carbocycles. The smallest absolute Gasteiger partial charge is 0.328 e. The van der Waals surface area contributed by atoms with Crippen LogP contribution in [0, 0.1) is 5.82 Å². The molecule has 1 N–H and O–H groups in total. The van der Waals surface area contributed by atoms with Gasteiger partial charge in [-0.05, 0) is 17.7 Å². The lowest BCUT2D eigenvalue weighted by Gasteiger charge is -2.15. The van der Waals surface area contributed by atoms with Crippen molar-refractivity contribution in [3.8, 4) is 0 Å². The molecule has 6 heteroatoms. The van der Waals surface area contributed by atoms with Crippen molar-refractivity contribution in [2.75, 3.05) is 13.0 Å². The number of hydrogen-bond acceptors (Lipinski definition) is 3. The average Bonchev–Trinajstić information content (AvgIpc) is 2.39. The molecule has 0 heterocycles. The summed E-state index contributed by atoms with van der Waals surface area (Å²) >= 11 is 5.35. The molecular weight excluding hydrogens is 261 g/mol. The van der Waals surface area contributed by atoms with Crippen molar-refractivity contribution >= 4 is 23.5 Å². The molecule has 1 unspecified atom stereocenters. The third-order valence-corrected chi connectivity index (χ3v) is 2.54. The van der Waals surface area contributed by atoms with Crippen molar-refractivity contribution in [1.82, 2.24) is 5.32 Å². The monoisotopic (exact) mass is 273 g/mol. The Labute approximate surface area is 109 Å². The third kappa shape index (κ3) is 4.33. The number of methoxy groups -OCH3 is 1. The van der Waals surface area contributed by atoms with Gasteiger partial charge in [-0.3, -0.25) is 4.79 Å². The van der Waals surface area contributed by atoms with Gasteiger partial charge in [0, 0.05) is 6.42 Å². The number of hydrogen-bond donors (Lipinski definition) is 1. The number of benzene rings is 1. The Morgan fingerprint density at radius 3 is 2.50 bits per heavy atom. The Morgan fingerprint density at radius 1 is 1.39 bits per heavy atom. The zero-order valence-corrected chi connectivity index (χ0v) is 10.5. The summed E-state index contributed by atoms with van der Waals surface area (Å²) in [5, 5.41) is 2.44. The third-order valence-electron chi connectivity index (χ3n) is 2.30. The maximum atomic E-state index is 12.7. The van der Waals surface area contributed by atoms with Gasteiger partial charge in [-0.2, -0.15) is 0 Å². The Bertz CT molecular complexity index is 422. The van der Waals surface area contributed by atoms with Crippen LogP contribution < -0.4 is 5.32 Å². The SMILES string of the molecule is COC(=O)C(Cc1ccc(F)cc1)NC(=O)CCl. The maximum Gasteiger partial charge on any atom is 0.328 e. The van der Waals surface area contributed by atoms with E-state index in [0.29, 0.717) is 5.56 Å². The fourth-order valence-electron chi connectivity index (χ4n) is 1.42. The van der Waals surface area contributed by atoms with E-state index in [1.807, 2.05) is 0 Å². The Balaban J connectivity index is 2.74. The summed E-state index contributed by atoms with van der Waals surface area (Å²) in [6, 6.07) is 4.82. The molecule has 1 atom stereocenters. The molecule has 0 fully saturated rings. The Morgan fingerprint density at radius 2 is 2.00 bits per heavy atom. The molecule has 0 saturated heterocycles. The van der Waals surface area contributed by atoms with Gasteiger partial charge in [0.15, 0.2) is 0 Å². The summed E-state index contributed by atoms with van der Waals surface area (Å²) in [7, 11) is 1.23. The highest BCUT2D eigenvalue weighted by Gasteiger charge is 2.21. The van der Waals surface area contributed by atoms with E-state index in [1.165, 1.54) is 31.4 Å². The Hall–Kier alpha value is -1.62. The number of rotatable bonds is 5. The number of carbonyl (C=O) groups excluding carboxylic acids is 2. The van der Waals surface area contributed by atoms with Crippen molar-refractivity contribution in [2.45, 2.75) is 12.5 Å². The average molecular weight is 274 g/mol. The van der Waals surface area contributed by atoms with Crippen LogP contribution in [-0.4, -0.2) is 30.9 Å². The second kappa shape index (κ2) is 6.96. The number of ether oxygens (including phenoxy) is 1. The number of esters is 1. The van der Waals surface area contributed by atoms with E-state index in [9.17, 15) is 14.0 Å². The van der Waals surface area contributed by atoms with Crippen LogP contribution in [0.25, 0.3) is 0 Å². The van der Waals surface area contributed by atoms with E-state index < -0.39 is 17.9 Å². The molecule has 0 aliphatic rings. The first kappa shape index (κ1) is 14.4. The molecule has 0 aliphatic heterocycles. The number of alkyl halides is 1. The molecule has 98 valence electrons. The zero-order chi connectivity index (χ0) is 13.5. The van der Waals surface area contributed by atoms with Gasteiger partial charge in [-0.1, -0.05) is 12.1 Å². The normalized spacial score (nSPS) is 11.7. The fraction of sp³-hybridized carbons (Fsp3) is 0.333. The van der Waals surface area contributed by atoms with Crippen LogP contribution in [0.2, 0.25) is 0 Å². The van der Waals surface area contributed by atoms with Crippen LogP contribution in [0.1, 0.15) is 5.56 Å². The lowest BCUT2D eigenvalue weighted by atomic mass is 10.1. The molecule has 1 rings (SSSR count). The molecular formula is C12H13ClFNO3. The van der Waals surface area contributed by atoms with Gasteiger partial charge in [-0.15, -0.1) is 11.6 Å². The number of carbonyl (C=O) groups is 2. The number of amides is 1. The highest BCUT2D eigenvalue weighted by molar-refractivity contribution is 6.27. The standard InChI is InChI=1S/C12H13ClFNO3/c1-18-12(17)10(15-11(16)7-13)6-8-2-4-9(14)5-3-8/h2-5,10H,6-7H2,1H3,(H,15,16). The summed E-state index contributed by atoms with van der Waals surface area (Å²) in [6.07, 6.45) is 0.218. The molecule has 0 aromatic heterocycles. The summed E-state index contributed by atoms with van der Waals surface area (Å²) in [6.45, 7) is 0. The first-order chi connectivity index (χ1) is 8.56. The molecule has 4 nitrogen and oxygen atoms in total. The van der Waals surface area contributed by atoms with Crippen LogP contribution in [0.15, 0.2) is 24.3 Å². The molecule has 1 amide bonds. The lowest BCUT2D eigenvalue weighted by molar-refractivity contribution is -0.144. The van der Waals surface area contributed by atoms with Crippen LogP contribution in [-0.2, 0) is 20.7 Å². The van der Waals surface area contributed by atoms with E-state index in [4.69, 9.17) is 11.6 Å². The minimum atomic E-state index is -0.827. The quantitative estimate of drug-likeness (QED) is 0.649. The van der Waals surface area contributed by atoms with Gasteiger partial charge in [0.2, 0.25) is 5.91 Å². The number of halogens is 2. The van der Waals surface area contributed by atoms with Gasteiger partial charge >= 0.3 is 5.97 Å². The van der Waals surface area contributed by atoms with Gasteiger partial charge in [0.25, 0.3) is 0 Å². The minimum Gasteiger partial charge on any atom is -0.467 e. The second-order valence-electron chi connectivity index (χ2n) is 3.61. The summed E-state index contributed by atoms with van der Waals surface area (Å²) in [4.78, 5) is 22.7. The van der Waals surface area contributed by atoms with Gasteiger partial charge in [-0.25, -0.2) is 9.18 Å². The predicted molar refractivity (Wildman–Crippen MR) is 64.8 cm³/mol. The first-order valence-corrected chi connectivity index (χ1v) is 5.78. The van der Waals surface area contributed by atoms with E-state index in [0.717, 1.165) is 0 Å². The van der Waals surface area contributed by atoms with Gasteiger partial charge in [0.1, 0.15) is 17.7 Å². The highest BCUT2D eigenvalue weighted by atomic mass is 35.5. The fourth-order valence-corrected chi connectivity index (χ4v) is 1.50. The molecule has 1 aromatic rings. The highest BCUT2D eigenvalue weighted by Crippen LogP contribution is 2.07. The summed E-state index contributed by atoms with van der Waals surface area (Å²) in [5.74, 6) is -1.64. The molecule has 0 aliphatic carbocycles. The second-order valence-corrected chi connectivity index (χ2v) is 3.87. The largest absolute Gasteiger partial charge is 0.467 e. The topological polar surface area (TPSA) is 55.4 Å².